The van der Waals surface area contributed by atoms with Crippen molar-refractivity contribution >= 4 is 5.78 Å². The predicted octanol–water partition coefficient (Wildman–Crippen LogP) is 3.49. The quantitative estimate of drug-likeness (QED) is 0.532. The Bertz CT molecular complexity index is 136. The zero-order valence-electron chi connectivity index (χ0n) is 8.31. The zero-order chi connectivity index (χ0) is 9.23. The number of ketones is 1. The molecule has 0 radical (unpaired) electrons. The number of hydrogen-bond acceptors (Lipinski definition) is 1. The van der Waals surface area contributed by atoms with Crippen molar-refractivity contribution in [2.24, 2.45) is 0 Å². The third kappa shape index (κ3) is 7.52. The molecule has 0 unspecified atom stereocenters. The molecule has 0 aliphatic carbocycles. The summed E-state index contributed by atoms with van der Waals surface area (Å²) in [5, 5.41) is 0. The Labute approximate surface area is 75.9 Å². The van der Waals surface area contributed by atoms with Crippen LogP contribution in [0.1, 0.15) is 52.4 Å². The van der Waals surface area contributed by atoms with E-state index in [2.05, 4.69) is 26.0 Å². The minimum atomic E-state index is 0.414. The minimum absolute atomic E-state index is 0.414. The van der Waals surface area contributed by atoms with Gasteiger partial charge in [0.2, 0.25) is 0 Å². The van der Waals surface area contributed by atoms with Gasteiger partial charge in [0.15, 0.2) is 0 Å². The van der Waals surface area contributed by atoms with Gasteiger partial charge in [-0.15, -0.1) is 0 Å². The lowest BCUT2D eigenvalue weighted by molar-refractivity contribution is -0.119. The van der Waals surface area contributed by atoms with E-state index in [0.29, 0.717) is 5.78 Å². The van der Waals surface area contributed by atoms with Gasteiger partial charge in [-0.2, -0.15) is 0 Å². The van der Waals surface area contributed by atoms with E-state index in [1.165, 1.54) is 0 Å². The maximum atomic E-state index is 11.1. The van der Waals surface area contributed by atoms with Crippen molar-refractivity contribution in [2.45, 2.75) is 52.4 Å². The number of unbranched alkanes of at least 4 members (excludes halogenated alkanes) is 1. The molecule has 0 aliphatic heterocycles. The first-order valence-electron chi connectivity index (χ1n) is 4.98. The highest BCUT2D eigenvalue weighted by Gasteiger charge is 1.97. The molecule has 0 spiro atoms. The van der Waals surface area contributed by atoms with Gasteiger partial charge in [-0.1, -0.05) is 32.4 Å². The lowest BCUT2D eigenvalue weighted by Gasteiger charge is -1.95. The van der Waals surface area contributed by atoms with Gasteiger partial charge >= 0.3 is 0 Å². The van der Waals surface area contributed by atoms with Crippen molar-refractivity contribution in [1.29, 1.82) is 0 Å². The van der Waals surface area contributed by atoms with E-state index in [0.717, 1.165) is 38.5 Å². The molecule has 0 atom stereocenters. The van der Waals surface area contributed by atoms with Gasteiger partial charge in [0, 0.05) is 12.8 Å². The molecule has 0 saturated heterocycles. The van der Waals surface area contributed by atoms with Crippen LogP contribution in [0.2, 0.25) is 0 Å². The van der Waals surface area contributed by atoms with Crippen LogP contribution in [0.5, 0.6) is 0 Å². The van der Waals surface area contributed by atoms with E-state index in [9.17, 15) is 4.79 Å². The van der Waals surface area contributed by atoms with Gasteiger partial charge in [-0.3, -0.25) is 4.79 Å². The molecule has 12 heavy (non-hydrogen) atoms. The van der Waals surface area contributed by atoms with Gasteiger partial charge in [-0.25, -0.2) is 0 Å². The molecule has 0 rings (SSSR count). The summed E-state index contributed by atoms with van der Waals surface area (Å²) in [5.41, 5.74) is 0. The van der Waals surface area contributed by atoms with E-state index in [1.54, 1.807) is 0 Å². The van der Waals surface area contributed by atoms with E-state index >= 15 is 0 Å². The van der Waals surface area contributed by atoms with E-state index in [-0.39, 0.29) is 0 Å². The molecule has 1 nitrogen and oxygen atoms in total. The highest BCUT2D eigenvalue weighted by atomic mass is 16.1. The summed E-state index contributed by atoms with van der Waals surface area (Å²) < 4.78 is 0. The van der Waals surface area contributed by atoms with Crippen molar-refractivity contribution in [1.82, 2.24) is 0 Å². The van der Waals surface area contributed by atoms with Crippen molar-refractivity contribution < 1.29 is 4.79 Å². The Hall–Kier alpha value is -0.590. The predicted molar refractivity (Wildman–Crippen MR) is 53.2 cm³/mol. The standard InChI is InChI=1S/C11H20O/c1-3-5-7-8-10-11(12)9-6-4-2/h5,7H,3-4,6,8-10H2,1-2H3. The first-order valence-corrected chi connectivity index (χ1v) is 4.98. The van der Waals surface area contributed by atoms with Crippen molar-refractivity contribution in [3.63, 3.8) is 0 Å². The number of carbonyl (C=O) groups is 1. The topological polar surface area (TPSA) is 17.1 Å². The number of hydrogen-bond donors (Lipinski definition) is 0. The Morgan fingerprint density at radius 1 is 1.17 bits per heavy atom. The smallest absolute Gasteiger partial charge is 0.133 e. The third-order valence-corrected chi connectivity index (χ3v) is 1.80. The van der Waals surface area contributed by atoms with Gasteiger partial charge in [-0.05, 0) is 19.3 Å². The molecule has 0 fully saturated rings. The Morgan fingerprint density at radius 2 is 1.92 bits per heavy atom. The Morgan fingerprint density at radius 3 is 2.50 bits per heavy atom. The maximum absolute atomic E-state index is 11.1. The van der Waals surface area contributed by atoms with Crippen LogP contribution < -0.4 is 0 Å². The fourth-order valence-corrected chi connectivity index (χ4v) is 1.03. The van der Waals surface area contributed by atoms with Gasteiger partial charge in [0.05, 0.1) is 0 Å². The molecule has 0 saturated carbocycles. The molecule has 0 aromatic heterocycles. The normalized spacial score (nSPS) is 10.8. The molecule has 0 aromatic carbocycles. The fraction of sp³-hybridized carbons (Fsp3) is 0.727. The van der Waals surface area contributed by atoms with Crippen molar-refractivity contribution in [3.8, 4) is 0 Å². The molecule has 1 heteroatoms. The first kappa shape index (κ1) is 11.4. The second-order valence-corrected chi connectivity index (χ2v) is 3.06. The van der Waals surface area contributed by atoms with Crippen molar-refractivity contribution in [2.75, 3.05) is 0 Å². The summed E-state index contributed by atoms with van der Waals surface area (Å²) in [6.45, 7) is 4.22. The summed E-state index contributed by atoms with van der Waals surface area (Å²) in [7, 11) is 0. The molecule has 0 aliphatic rings. The van der Waals surface area contributed by atoms with Crippen LogP contribution in [-0.4, -0.2) is 5.78 Å². The van der Waals surface area contributed by atoms with Crippen LogP contribution in [-0.2, 0) is 4.79 Å². The average molecular weight is 168 g/mol. The molecular formula is C11H20O. The van der Waals surface area contributed by atoms with Gasteiger partial charge < -0.3 is 0 Å². The van der Waals surface area contributed by atoms with E-state index < -0.39 is 0 Å². The van der Waals surface area contributed by atoms with Gasteiger partial charge in [0.25, 0.3) is 0 Å². The SMILES string of the molecule is CCC=CCCC(=O)CCCC. The number of allylic oxidation sites excluding steroid dienone is 2. The Kier molecular flexibility index (Phi) is 8.09. The molecule has 0 heterocycles. The Balaban J connectivity index is 3.25. The van der Waals surface area contributed by atoms with E-state index in [4.69, 9.17) is 0 Å². The average Bonchev–Trinajstić information content (AvgIpc) is 2.09. The minimum Gasteiger partial charge on any atom is -0.300 e. The molecule has 0 aromatic rings. The van der Waals surface area contributed by atoms with Crippen LogP contribution in [0.3, 0.4) is 0 Å². The maximum Gasteiger partial charge on any atom is 0.133 e. The third-order valence-electron chi connectivity index (χ3n) is 1.80. The van der Waals surface area contributed by atoms with Gasteiger partial charge in [0.1, 0.15) is 5.78 Å². The lowest BCUT2D eigenvalue weighted by Crippen LogP contribution is -1.95. The van der Waals surface area contributed by atoms with Crippen LogP contribution in [0.25, 0.3) is 0 Å². The molecule has 0 N–H and O–H groups in total. The monoisotopic (exact) mass is 168 g/mol. The van der Waals surface area contributed by atoms with Crippen LogP contribution in [0.15, 0.2) is 12.2 Å². The van der Waals surface area contributed by atoms with E-state index in [1.807, 2.05) is 0 Å². The summed E-state index contributed by atoms with van der Waals surface area (Å²) in [6, 6.07) is 0. The summed E-state index contributed by atoms with van der Waals surface area (Å²) in [5.74, 6) is 0.414. The molecule has 0 amide bonds. The van der Waals surface area contributed by atoms with Crippen LogP contribution >= 0.6 is 0 Å². The largest absolute Gasteiger partial charge is 0.300 e. The second kappa shape index (κ2) is 8.51. The highest BCUT2D eigenvalue weighted by molar-refractivity contribution is 5.78. The number of rotatable bonds is 7. The van der Waals surface area contributed by atoms with Crippen LogP contribution in [0.4, 0.5) is 0 Å². The number of Topliss-reactive ketones (excluding diaryl/α,β-unsaturated/α-hetero) is 1. The molecule has 0 bridgehead atoms. The van der Waals surface area contributed by atoms with Crippen molar-refractivity contribution in [3.05, 3.63) is 12.2 Å². The molecular weight excluding hydrogens is 148 g/mol. The molecule has 70 valence electrons. The first-order chi connectivity index (χ1) is 5.81. The number of carbonyl (C=O) groups excluding carboxylic acids is 1. The van der Waals surface area contributed by atoms with Crippen LogP contribution in [0, 0.1) is 0 Å². The summed E-state index contributed by atoms with van der Waals surface area (Å²) >= 11 is 0. The summed E-state index contributed by atoms with van der Waals surface area (Å²) in [4.78, 5) is 11.1. The lowest BCUT2D eigenvalue weighted by atomic mass is 10.1. The second-order valence-electron chi connectivity index (χ2n) is 3.06. The summed E-state index contributed by atoms with van der Waals surface area (Å²) in [6.07, 6.45) is 9.90. The zero-order valence-corrected chi connectivity index (χ0v) is 8.31. The highest BCUT2D eigenvalue weighted by Crippen LogP contribution is 2.01. The fourth-order valence-electron chi connectivity index (χ4n) is 1.03.